The lowest BCUT2D eigenvalue weighted by Gasteiger charge is -2.15. The van der Waals surface area contributed by atoms with E-state index in [0.717, 1.165) is 22.4 Å². The van der Waals surface area contributed by atoms with Gasteiger partial charge in [-0.3, -0.25) is 4.57 Å². The van der Waals surface area contributed by atoms with Crippen molar-refractivity contribution in [2.75, 3.05) is 11.6 Å². The first-order chi connectivity index (χ1) is 16.0. The van der Waals surface area contributed by atoms with Crippen molar-refractivity contribution in [2.24, 2.45) is 18.1 Å². The summed E-state index contributed by atoms with van der Waals surface area (Å²) >= 11 is 6.10. The van der Waals surface area contributed by atoms with Crippen molar-refractivity contribution in [1.82, 2.24) is 14.3 Å². The average molecular weight is 460 g/mol. The number of rotatable bonds is 7. The molecule has 33 heavy (non-hydrogen) atoms. The molecule has 0 radical (unpaired) electrons. The lowest BCUT2D eigenvalue weighted by Crippen LogP contribution is -2.25. The van der Waals surface area contributed by atoms with Gasteiger partial charge < -0.3 is 0 Å². The van der Waals surface area contributed by atoms with Crippen LogP contribution in [0.4, 0.5) is 5.95 Å². The van der Waals surface area contributed by atoms with Gasteiger partial charge in [-0.25, -0.2) is 14.5 Å². The number of halogens is 1. The van der Waals surface area contributed by atoms with E-state index in [-0.39, 0.29) is 11.6 Å². The smallest absolute Gasteiger partial charge is 0.263 e. The number of allylic oxidation sites excluding steroid dienone is 4. The second-order valence-corrected chi connectivity index (χ2v) is 8.31. The largest absolute Gasteiger partial charge is 0.347 e. The molecule has 2 heterocycles. The molecule has 0 bridgehead atoms. The van der Waals surface area contributed by atoms with Gasteiger partial charge >= 0.3 is 5.69 Å². The first-order valence-corrected chi connectivity index (χ1v) is 11.1. The molecule has 1 aliphatic rings. The number of hydrazone groups is 1. The van der Waals surface area contributed by atoms with Crippen molar-refractivity contribution in [1.29, 1.82) is 0 Å². The molecule has 0 spiro atoms. The summed E-state index contributed by atoms with van der Waals surface area (Å²) in [4.78, 5) is 12.9. The van der Waals surface area contributed by atoms with Crippen molar-refractivity contribution in [3.63, 3.8) is 0 Å². The van der Waals surface area contributed by atoms with Gasteiger partial charge in [0.05, 0.1) is 18.8 Å². The predicted molar refractivity (Wildman–Crippen MR) is 135 cm³/mol. The monoisotopic (exact) mass is 459 g/mol. The molecular weight excluding hydrogens is 434 g/mol. The van der Waals surface area contributed by atoms with Crippen LogP contribution in [0, 0.1) is 5.92 Å². The van der Waals surface area contributed by atoms with Crippen molar-refractivity contribution < 1.29 is 0 Å². The fourth-order valence-corrected chi connectivity index (χ4v) is 3.89. The SMILES string of the molecule is C=C(/C=C\C=C/C)[C@H]1CN(c2nn(Cc3ccccc3)c(=O)n2C)N=C1c1ccc(Cl)cc1. The van der Waals surface area contributed by atoms with E-state index in [1.54, 1.807) is 12.1 Å². The molecule has 4 rings (SSSR count). The van der Waals surface area contributed by atoms with Crippen LogP contribution in [0.5, 0.6) is 0 Å². The standard InChI is InChI=1S/C26H26ClN5O/c1-4-5-7-10-19(2)23-18-31(28-24(23)21-13-15-22(27)16-14-21)25-29-32(26(33)30(25)3)17-20-11-8-6-9-12-20/h4-16,23H,2,17-18H2,1,3H3/b5-4-,10-7-/t23-/m1/s1. The third-order valence-electron chi connectivity index (χ3n) is 5.54. The molecule has 7 heteroatoms. The number of anilines is 1. The van der Waals surface area contributed by atoms with Gasteiger partial charge in [-0.15, -0.1) is 5.10 Å². The Morgan fingerprint density at radius 2 is 1.88 bits per heavy atom. The zero-order chi connectivity index (χ0) is 23.4. The Hall–Kier alpha value is -3.64. The molecule has 3 aromatic rings. The van der Waals surface area contributed by atoms with Crippen LogP contribution in [-0.2, 0) is 13.6 Å². The Bertz CT molecular complexity index is 1280. The fraction of sp³-hybridized carbons (Fsp3) is 0.192. The Balaban J connectivity index is 1.69. The first kappa shape index (κ1) is 22.6. The highest BCUT2D eigenvalue weighted by molar-refractivity contribution is 6.30. The minimum absolute atomic E-state index is 0.0537. The number of benzene rings is 2. The van der Waals surface area contributed by atoms with E-state index >= 15 is 0 Å². The molecule has 0 saturated heterocycles. The van der Waals surface area contributed by atoms with E-state index in [1.807, 2.05) is 85.8 Å². The zero-order valence-electron chi connectivity index (χ0n) is 18.7. The summed E-state index contributed by atoms with van der Waals surface area (Å²) in [5.41, 5.74) is 3.58. The van der Waals surface area contributed by atoms with Crippen LogP contribution < -0.4 is 10.7 Å². The van der Waals surface area contributed by atoms with Crippen LogP contribution >= 0.6 is 11.6 Å². The van der Waals surface area contributed by atoms with E-state index in [9.17, 15) is 4.79 Å². The maximum absolute atomic E-state index is 12.9. The molecule has 6 nitrogen and oxygen atoms in total. The third kappa shape index (κ3) is 4.91. The summed E-state index contributed by atoms with van der Waals surface area (Å²) in [6.07, 6.45) is 7.89. The van der Waals surface area contributed by atoms with Crippen molar-refractivity contribution in [2.45, 2.75) is 13.5 Å². The van der Waals surface area contributed by atoms with Gasteiger partial charge in [0.2, 0.25) is 5.95 Å². The second kappa shape index (κ2) is 9.88. The molecule has 1 aliphatic heterocycles. The Kier molecular flexibility index (Phi) is 6.75. The maximum Gasteiger partial charge on any atom is 0.347 e. The normalized spacial score (nSPS) is 16.2. The van der Waals surface area contributed by atoms with Crippen molar-refractivity contribution in [3.8, 4) is 0 Å². The van der Waals surface area contributed by atoms with Gasteiger partial charge in [0.15, 0.2) is 0 Å². The Morgan fingerprint density at radius 3 is 2.58 bits per heavy atom. The van der Waals surface area contributed by atoms with Gasteiger partial charge in [0.1, 0.15) is 0 Å². The summed E-state index contributed by atoms with van der Waals surface area (Å²) in [6.45, 7) is 7.19. The van der Waals surface area contributed by atoms with Gasteiger partial charge in [-0.2, -0.15) is 5.10 Å². The number of hydrogen-bond acceptors (Lipinski definition) is 4. The predicted octanol–water partition coefficient (Wildman–Crippen LogP) is 4.81. The van der Waals surface area contributed by atoms with Gasteiger partial charge in [-0.05, 0) is 35.8 Å². The quantitative estimate of drug-likeness (QED) is 0.476. The van der Waals surface area contributed by atoms with Crippen molar-refractivity contribution >= 4 is 23.3 Å². The van der Waals surface area contributed by atoms with Crippen LogP contribution in [-0.4, -0.2) is 26.6 Å². The number of hydrogen-bond donors (Lipinski definition) is 0. The fourth-order valence-electron chi connectivity index (χ4n) is 3.77. The van der Waals surface area contributed by atoms with Gasteiger partial charge in [0, 0.05) is 18.0 Å². The molecule has 0 unspecified atom stereocenters. The lowest BCUT2D eigenvalue weighted by molar-refractivity contribution is 0.645. The molecule has 0 saturated carbocycles. The van der Waals surface area contributed by atoms with Crippen LogP contribution in [0.25, 0.3) is 0 Å². The zero-order valence-corrected chi connectivity index (χ0v) is 19.5. The summed E-state index contributed by atoms with van der Waals surface area (Å²) < 4.78 is 3.00. The molecule has 1 atom stereocenters. The Labute approximate surface area is 198 Å². The number of aromatic nitrogens is 3. The van der Waals surface area contributed by atoms with E-state index in [0.29, 0.717) is 24.1 Å². The molecule has 168 valence electrons. The molecule has 2 aromatic carbocycles. The molecule has 0 amide bonds. The highest BCUT2D eigenvalue weighted by Gasteiger charge is 2.32. The van der Waals surface area contributed by atoms with Crippen LogP contribution in [0.2, 0.25) is 5.02 Å². The molecule has 1 aromatic heterocycles. The van der Waals surface area contributed by atoms with E-state index in [1.165, 1.54) is 9.25 Å². The van der Waals surface area contributed by atoms with Gasteiger partial charge in [-0.1, -0.05) is 84.9 Å². The minimum Gasteiger partial charge on any atom is -0.263 e. The van der Waals surface area contributed by atoms with Gasteiger partial charge in [0.25, 0.3) is 0 Å². The topological polar surface area (TPSA) is 55.4 Å². The van der Waals surface area contributed by atoms with E-state index in [4.69, 9.17) is 16.7 Å². The van der Waals surface area contributed by atoms with Crippen LogP contribution in [0.3, 0.4) is 0 Å². The highest BCUT2D eigenvalue weighted by atomic mass is 35.5. The van der Waals surface area contributed by atoms with Crippen molar-refractivity contribution in [3.05, 3.63) is 118 Å². The van der Waals surface area contributed by atoms with Crippen LogP contribution in [0.15, 0.2) is 101 Å². The number of nitrogens with zero attached hydrogens (tertiary/aromatic N) is 5. The molecule has 0 fully saturated rings. The summed E-state index contributed by atoms with van der Waals surface area (Å²) in [6, 6.07) is 17.4. The second-order valence-electron chi connectivity index (χ2n) is 7.87. The minimum atomic E-state index is -0.188. The summed E-state index contributed by atoms with van der Waals surface area (Å²) in [5, 5.41) is 11.9. The molecular formula is C26H26ClN5O. The maximum atomic E-state index is 12.9. The van der Waals surface area contributed by atoms with E-state index in [2.05, 4.69) is 11.7 Å². The molecule has 0 N–H and O–H groups in total. The molecule has 0 aliphatic carbocycles. The highest BCUT2D eigenvalue weighted by Crippen LogP contribution is 2.29. The average Bonchev–Trinajstić information content (AvgIpc) is 3.38. The Morgan fingerprint density at radius 1 is 1.15 bits per heavy atom. The first-order valence-electron chi connectivity index (χ1n) is 10.8. The summed E-state index contributed by atoms with van der Waals surface area (Å²) in [7, 11) is 1.72. The van der Waals surface area contributed by atoms with Crippen LogP contribution in [0.1, 0.15) is 18.1 Å². The lowest BCUT2D eigenvalue weighted by atomic mass is 9.91. The van der Waals surface area contributed by atoms with E-state index < -0.39 is 0 Å². The summed E-state index contributed by atoms with van der Waals surface area (Å²) in [5.74, 6) is 0.442. The third-order valence-corrected chi connectivity index (χ3v) is 5.79.